The van der Waals surface area contributed by atoms with Gasteiger partial charge in [-0.3, -0.25) is 4.79 Å². The Labute approximate surface area is 189 Å². The normalized spacial score (nSPS) is 11.1. The molecule has 0 saturated heterocycles. The second kappa shape index (κ2) is 9.09. The summed E-state index contributed by atoms with van der Waals surface area (Å²) in [5.74, 6) is -0.881. The number of rotatable bonds is 6. The highest BCUT2D eigenvalue weighted by atomic mass is 32.2. The Morgan fingerprint density at radius 1 is 0.939 bits per heavy atom. The average Bonchev–Trinajstić information content (AvgIpc) is 3.34. The van der Waals surface area contributed by atoms with Crippen LogP contribution in [-0.2, 0) is 14.8 Å². The number of amides is 1. The highest BCUT2D eigenvalue weighted by Gasteiger charge is 2.23. The molecule has 0 saturated carbocycles. The Morgan fingerprint density at radius 3 is 2.42 bits per heavy atom. The zero-order valence-electron chi connectivity index (χ0n) is 17.4. The van der Waals surface area contributed by atoms with Crippen LogP contribution in [0.3, 0.4) is 0 Å². The van der Waals surface area contributed by atoms with Crippen molar-refractivity contribution in [3.8, 4) is 22.8 Å². The number of carbonyl (C=O) groups excluding carboxylic acids is 2. The summed E-state index contributed by atoms with van der Waals surface area (Å²) >= 11 is 0. The maximum atomic E-state index is 12.9. The molecule has 33 heavy (non-hydrogen) atoms. The Bertz CT molecular complexity index is 1430. The van der Waals surface area contributed by atoms with Gasteiger partial charge in [0.1, 0.15) is 0 Å². The highest BCUT2D eigenvalue weighted by Crippen LogP contribution is 2.28. The molecule has 1 aromatic heterocycles. The number of nitrogens with one attached hydrogen (secondary N) is 1. The first-order valence-corrected chi connectivity index (χ1v) is 11.2. The lowest BCUT2D eigenvalue weighted by atomic mass is 10.1. The summed E-state index contributed by atoms with van der Waals surface area (Å²) in [5, 5.41) is 0. The third kappa shape index (κ3) is 4.68. The molecule has 8 nitrogen and oxygen atoms in total. The number of hydrogen-bond donors (Lipinski definition) is 1. The Hall–Kier alpha value is -4.24. The van der Waals surface area contributed by atoms with Gasteiger partial charge in [-0.1, -0.05) is 48.5 Å². The number of nitrogens with zero attached hydrogens (tertiary/aromatic N) is 1. The third-order valence-corrected chi connectivity index (χ3v) is 6.09. The van der Waals surface area contributed by atoms with E-state index in [4.69, 9.17) is 4.42 Å². The van der Waals surface area contributed by atoms with E-state index in [0.29, 0.717) is 11.3 Å². The standard InChI is InChI=1S/C24H18N2O6S/c1-31-24(28)17-10-7-11-18(14-17)33(29,30)26-22(27)19-12-5-6-13-20(19)23-25-15-21(32-23)16-8-3-2-4-9-16/h2-15H,1H3,(H,26,27). The maximum Gasteiger partial charge on any atom is 0.337 e. The van der Waals surface area contributed by atoms with Crippen LogP contribution in [0, 0.1) is 0 Å². The molecule has 4 rings (SSSR count). The van der Waals surface area contributed by atoms with Gasteiger partial charge >= 0.3 is 5.97 Å². The lowest BCUT2D eigenvalue weighted by Crippen LogP contribution is -2.31. The highest BCUT2D eigenvalue weighted by molar-refractivity contribution is 7.90. The smallest absolute Gasteiger partial charge is 0.337 e. The fourth-order valence-electron chi connectivity index (χ4n) is 3.15. The summed E-state index contributed by atoms with van der Waals surface area (Å²) in [7, 11) is -3.08. The van der Waals surface area contributed by atoms with E-state index >= 15 is 0 Å². The number of ether oxygens (including phenoxy) is 1. The topological polar surface area (TPSA) is 116 Å². The van der Waals surface area contributed by atoms with Gasteiger partial charge in [0.25, 0.3) is 15.9 Å². The molecular formula is C24H18N2O6S. The number of aromatic nitrogens is 1. The molecule has 4 aromatic rings. The van der Waals surface area contributed by atoms with Crippen molar-refractivity contribution in [3.63, 3.8) is 0 Å². The molecular weight excluding hydrogens is 444 g/mol. The van der Waals surface area contributed by atoms with E-state index in [1.165, 1.54) is 37.6 Å². The molecule has 0 fully saturated rings. The van der Waals surface area contributed by atoms with Crippen molar-refractivity contribution in [2.45, 2.75) is 4.90 Å². The molecule has 1 heterocycles. The molecule has 0 atom stereocenters. The molecule has 9 heteroatoms. The number of carbonyl (C=O) groups is 2. The van der Waals surface area contributed by atoms with Crippen molar-refractivity contribution in [2.75, 3.05) is 7.11 Å². The van der Waals surface area contributed by atoms with Gasteiger partial charge in [0, 0.05) is 11.1 Å². The van der Waals surface area contributed by atoms with Crippen LogP contribution < -0.4 is 4.72 Å². The van der Waals surface area contributed by atoms with Crippen LogP contribution >= 0.6 is 0 Å². The SMILES string of the molecule is COC(=O)c1cccc(S(=O)(=O)NC(=O)c2ccccc2-c2ncc(-c3ccccc3)o2)c1. The van der Waals surface area contributed by atoms with Gasteiger partial charge in [0.15, 0.2) is 5.76 Å². The maximum absolute atomic E-state index is 12.9. The van der Waals surface area contributed by atoms with Crippen molar-refractivity contribution in [1.29, 1.82) is 0 Å². The van der Waals surface area contributed by atoms with E-state index in [1.54, 1.807) is 18.2 Å². The molecule has 0 aliphatic rings. The third-order valence-electron chi connectivity index (χ3n) is 4.76. The first kappa shape index (κ1) is 22.0. The van der Waals surface area contributed by atoms with E-state index in [9.17, 15) is 18.0 Å². The number of esters is 1. The summed E-state index contributed by atoms with van der Waals surface area (Å²) in [6, 6.07) is 20.9. The van der Waals surface area contributed by atoms with Crippen LogP contribution in [0.4, 0.5) is 0 Å². The van der Waals surface area contributed by atoms with Gasteiger partial charge in [-0.2, -0.15) is 0 Å². The van der Waals surface area contributed by atoms with Crippen LogP contribution in [0.5, 0.6) is 0 Å². The lowest BCUT2D eigenvalue weighted by Gasteiger charge is -2.10. The lowest BCUT2D eigenvalue weighted by molar-refractivity contribution is 0.0600. The van der Waals surface area contributed by atoms with E-state index < -0.39 is 21.9 Å². The molecule has 166 valence electrons. The van der Waals surface area contributed by atoms with Crippen LogP contribution in [0.25, 0.3) is 22.8 Å². The Kier molecular flexibility index (Phi) is 6.05. The second-order valence-corrected chi connectivity index (χ2v) is 8.58. The predicted octanol–water partition coefficient (Wildman–Crippen LogP) is 3.91. The van der Waals surface area contributed by atoms with Gasteiger partial charge in [-0.05, 0) is 30.3 Å². The van der Waals surface area contributed by atoms with Crippen molar-refractivity contribution < 1.29 is 27.2 Å². The van der Waals surface area contributed by atoms with Crippen LogP contribution in [0.1, 0.15) is 20.7 Å². The summed E-state index contributed by atoms with van der Waals surface area (Å²) in [6.07, 6.45) is 1.54. The van der Waals surface area contributed by atoms with E-state index in [1.807, 2.05) is 35.1 Å². The molecule has 0 bridgehead atoms. The summed E-state index contributed by atoms with van der Waals surface area (Å²) in [6.45, 7) is 0. The van der Waals surface area contributed by atoms with Crippen LogP contribution in [-0.4, -0.2) is 32.4 Å². The molecule has 0 radical (unpaired) electrons. The number of methoxy groups -OCH3 is 1. The molecule has 1 amide bonds. The quantitative estimate of drug-likeness (QED) is 0.432. The number of oxazole rings is 1. The summed E-state index contributed by atoms with van der Waals surface area (Å²) in [5.41, 5.74) is 1.25. The van der Waals surface area contributed by atoms with Crippen LogP contribution in [0.2, 0.25) is 0 Å². The number of sulfonamides is 1. The fourth-order valence-corrected chi connectivity index (χ4v) is 4.16. The summed E-state index contributed by atoms with van der Waals surface area (Å²) < 4.78 is 38.1. The van der Waals surface area contributed by atoms with Gasteiger partial charge in [-0.15, -0.1) is 0 Å². The van der Waals surface area contributed by atoms with Crippen LogP contribution in [0.15, 0.2) is 94.4 Å². The molecule has 0 unspecified atom stereocenters. The first-order chi connectivity index (χ1) is 15.9. The Morgan fingerprint density at radius 2 is 1.67 bits per heavy atom. The zero-order chi connectivity index (χ0) is 23.4. The fraction of sp³-hybridized carbons (Fsp3) is 0.0417. The zero-order valence-corrected chi connectivity index (χ0v) is 18.2. The number of benzene rings is 3. The van der Waals surface area contributed by atoms with Gasteiger partial charge in [-0.25, -0.2) is 22.9 Å². The minimum absolute atomic E-state index is 0.0430. The van der Waals surface area contributed by atoms with Crippen molar-refractivity contribution in [2.24, 2.45) is 0 Å². The first-order valence-electron chi connectivity index (χ1n) is 9.75. The molecule has 0 aliphatic carbocycles. The largest absolute Gasteiger partial charge is 0.465 e. The minimum atomic E-state index is -4.27. The Balaban J connectivity index is 1.63. The van der Waals surface area contributed by atoms with E-state index in [-0.39, 0.29) is 21.9 Å². The monoisotopic (exact) mass is 462 g/mol. The van der Waals surface area contributed by atoms with E-state index in [0.717, 1.165) is 11.6 Å². The van der Waals surface area contributed by atoms with Gasteiger partial charge < -0.3 is 9.15 Å². The number of hydrogen-bond acceptors (Lipinski definition) is 7. The molecule has 3 aromatic carbocycles. The average molecular weight is 462 g/mol. The molecule has 0 aliphatic heterocycles. The minimum Gasteiger partial charge on any atom is -0.465 e. The van der Waals surface area contributed by atoms with Crippen molar-refractivity contribution in [1.82, 2.24) is 9.71 Å². The second-order valence-electron chi connectivity index (χ2n) is 6.90. The predicted molar refractivity (Wildman–Crippen MR) is 120 cm³/mol. The van der Waals surface area contributed by atoms with Gasteiger partial charge in [0.2, 0.25) is 5.89 Å². The van der Waals surface area contributed by atoms with Gasteiger partial charge in [0.05, 0.1) is 29.3 Å². The van der Waals surface area contributed by atoms with Crippen molar-refractivity contribution >= 4 is 21.9 Å². The molecule has 1 N–H and O–H groups in total. The molecule has 0 spiro atoms. The summed E-state index contributed by atoms with van der Waals surface area (Å²) in [4.78, 5) is 28.7. The van der Waals surface area contributed by atoms with Crippen molar-refractivity contribution in [3.05, 3.63) is 96.2 Å². The van der Waals surface area contributed by atoms with E-state index in [2.05, 4.69) is 9.72 Å².